The Morgan fingerprint density at radius 2 is 1.83 bits per heavy atom. The SMILES string of the molecule is NC=CC=[NH+]c1ccc(N)cc1. The third kappa shape index (κ3) is 2.46. The van der Waals surface area contributed by atoms with Crippen molar-refractivity contribution >= 4 is 17.6 Å². The Kier molecular flexibility index (Phi) is 2.90. The van der Waals surface area contributed by atoms with Crippen molar-refractivity contribution in [2.24, 2.45) is 5.73 Å². The van der Waals surface area contributed by atoms with Gasteiger partial charge < -0.3 is 11.5 Å². The highest BCUT2D eigenvalue weighted by Crippen LogP contribution is 2.03. The van der Waals surface area contributed by atoms with Crippen molar-refractivity contribution in [2.45, 2.75) is 0 Å². The zero-order valence-electron chi connectivity index (χ0n) is 6.70. The topological polar surface area (TPSA) is 66.0 Å². The summed E-state index contributed by atoms with van der Waals surface area (Å²) >= 11 is 0. The predicted molar refractivity (Wildman–Crippen MR) is 50.9 cm³/mol. The van der Waals surface area contributed by atoms with Crippen LogP contribution in [0.4, 0.5) is 11.4 Å². The lowest BCUT2D eigenvalue weighted by atomic mass is 10.3. The zero-order chi connectivity index (χ0) is 8.81. The number of benzene rings is 1. The van der Waals surface area contributed by atoms with Gasteiger partial charge in [-0.2, -0.15) is 0 Å². The molecule has 0 unspecified atom stereocenters. The van der Waals surface area contributed by atoms with Gasteiger partial charge in [0.1, 0.15) is 0 Å². The Labute approximate surface area is 71.4 Å². The second kappa shape index (κ2) is 4.18. The van der Waals surface area contributed by atoms with Crippen LogP contribution in [0.5, 0.6) is 0 Å². The molecule has 5 N–H and O–H groups in total. The molecule has 0 saturated heterocycles. The fourth-order valence-corrected chi connectivity index (χ4v) is 0.779. The van der Waals surface area contributed by atoms with Crippen molar-refractivity contribution < 1.29 is 4.99 Å². The van der Waals surface area contributed by atoms with E-state index in [2.05, 4.69) is 4.99 Å². The summed E-state index contributed by atoms with van der Waals surface area (Å²) in [5, 5.41) is 0. The van der Waals surface area contributed by atoms with E-state index in [1.165, 1.54) is 6.20 Å². The van der Waals surface area contributed by atoms with Gasteiger partial charge in [-0.05, 0) is 18.3 Å². The molecule has 1 aromatic rings. The van der Waals surface area contributed by atoms with Gasteiger partial charge in [0.15, 0.2) is 6.21 Å². The summed E-state index contributed by atoms with van der Waals surface area (Å²) in [6, 6.07) is 7.47. The van der Waals surface area contributed by atoms with E-state index in [9.17, 15) is 0 Å². The first-order chi connectivity index (χ1) is 5.83. The van der Waals surface area contributed by atoms with E-state index in [-0.39, 0.29) is 0 Å². The first-order valence-electron chi connectivity index (χ1n) is 3.65. The molecular weight excluding hydrogens is 150 g/mol. The maximum atomic E-state index is 5.51. The van der Waals surface area contributed by atoms with Crippen LogP contribution in [0.1, 0.15) is 0 Å². The van der Waals surface area contributed by atoms with Crippen LogP contribution in [0.3, 0.4) is 0 Å². The molecule has 0 amide bonds. The van der Waals surface area contributed by atoms with Crippen molar-refractivity contribution in [2.75, 3.05) is 5.73 Å². The van der Waals surface area contributed by atoms with Crippen LogP contribution < -0.4 is 16.5 Å². The van der Waals surface area contributed by atoms with E-state index < -0.39 is 0 Å². The maximum Gasteiger partial charge on any atom is 0.203 e. The van der Waals surface area contributed by atoms with Gasteiger partial charge >= 0.3 is 0 Å². The number of anilines is 1. The van der Waals surface area contributed by atoms with Gasteiger partial charge in [0.2, 0.25) is 5.69 Å². The van der Waals surface area contributed by atoms with E-state index in [1.54, 1.807) is 12.3 Å². The summed E-state index contributed by atoms with van der Waals surface area (Å²) < 4.78 is 0. The molecule has 0 aliphatic heterocycles. The van der Waals surface area contributed by atoms with Crippen molar-refractivity contribution in [3.05, 3.63) is 36.5 Å². The van der Waals surface area contributed by atoms with E-state index in [0.29, 0.717) is 0 Å². The molecule has 0 atom stereocenters. The molecule has 3 heteroatoms. The minimum Gasteiger partial charge on any atom is -0.404 e. The lowest BCUT2D eigenvalue weighted by Crippen LogP contribution is -2.60. The largest absolute Gasteiger partial charge is 0.404 e. The number of rotatable bonds is 2. The van der Waals surface area contributed by atoms with Crippen molar-refractivity contribution in [1.82, 2.24) is 0 Å². The molecule has 1 aromatic carbocycles. The van der Waals surface area contributed by atoms with Crippen LogP contribution in [0, 0.1) is 0 Å². The fraction of sp³-hybridized carbons (Fsp3) is 0. The fourth-order valence-electron chi connectivity index (χ4n) is 0.779. The summed E-state index contributed by atoms with van der Waals surface area (Å²) in [5.74, 6) is 0. The lowest BCUT2D eigenvalue weighted by Gasteiger charge is -1.88. The normalized spacial score (nSPS) is 11.3. The number of nitrogens with two attached hydrogens (primary N) is 2. The first kappa shape index (κ1) is 8.33. The summed E-state index contributed by atoms with van der Waals surface area (Å²) in [7, 11) is 0. The highest BCUT2D eigenvalue weighted by atomic mass is 14.7. The summed E-state index contributed by atoms with van der Waals surface area (Å²) in [6.07, 6.45) is 4.94. The van der Waals surface area contributed by atoms with Crippen LogP contribution in [-0.2, 0) is 0 Å². The third-order valence-electron chi connectivity index (χ3n) is 1.37. The van der Waals surface area contributed by atoms with Crippen LogP contribution in [0.25, 0.3) is 0 Å². The van der Waals surface area contributed by atoms with E-state index in [1.807, 2.05) is 24.3 Å². The predicted octanol–water partition coefficient (Wildman–Crippen LogP) is -0.476. The highest BCUT2D eigenvalue weighted by molar-refractivity contribution is 5.66. The monoisotopic (exact) mass is 162 g/mol. The molecule has 12 heavy (non-hydrogen) atoms. The van der Waals surface area contributed by atoms with Crippen LogP contribution in [0.2, 0.25) is 0 Å². The van der Waals surface area contributed by atoms with Crippen LogP contribution in [-0.4, -0.2) is 6.21 Å². The minimum atomic E-state index is 0.759. The third-order valence-corrected chi connectivity index (χ3v) is 1.37. The molecular formula is C9H12N3+. The molecule has 62 valence electrons. The van der Waals surface area contributed by atoms with Gasteiger partial charge in [0, 0.05) is 23.9 Å². The van der Waals surface area contributed by atoms with Crippen LogP contribution >= 0.6 is 0 Å². The lowest BCUT2D eigenvalue weighted by molar-refractivity contribution is -0.346. The number of hydrogen-bond acceptors (Lipinski definition) is 2. The molecule has 0 radical (unpaired) electrons. The molecule has 0 heterocycles. The zero-order valence-corrected chi connectivity index (χ0v) is 6.70. The van der Waals surface area contributed by atoms with Gasteiger partial charge in [-0.15, -0.1) is 0 Å². The molecule has 3 nitrogen and oxygen atoms in total. The summed E-state index contributed by atoms with van der Waals surface area (Å²) in [5.41, 5.74) is 12.4. The van der Waals surface area contributed by atoms with Gasteiger partial charge in [-0.25, -0.2) is 4.99 Å². The summed E-state index contributed by atoms with van der Waals surface area (Å²) in [4.78, 5) is 3.03. The number of nitrogens with one attached hydrogen (secondary N) is 1. The smallest absolute Gasteiger partial charge is 0.203 e. The molecule has 0 aliphatic carbocycles. The van der Waals surface area contributed by atoms with Gasteiger partial charge in [-0.1, -0.05) is 0 Å². The molecule has 0 saturated carbocycles. The molecule has 0 fully saturated rings. The first-order valence-corrected chi connectivity index (χ1v) is 3.65. The van der Waals surface area contributed by atoms with Gasteiger partial charge in [0.25, 0.3) is 0 Å². The Hall–Kier alpha value is -1.77. The van der Waals surface area contributed by atoms with Crippen molar-refractivity contribution in [3.8, 4) is 0 Å². The van der Waals surface area contributed by atoms with Crippen molar-refractivity contribution in [3.63, 3.8) is 0 Å². The van der Waals surface area contributed by atoms with E-state index in [0.717, 1.165) is 11.4 Å². The molecule has 0 bridgehead atoms. The molecule has 1 rings (SSSR count). The Morgan fingerprint density at radius 1 is 1.17 bits per heavy atom. The summed E-state index contributed by atoms with van der Waals surface area (Å²) in [6.45, 7) is 0. The van der Waals surface area contributed by atoms with Crippen LogP contribution in [0.15, 0.2) is 36.5 Å². The Balaban J connectivity index is 2.70. The minimum absolute atomic E-state index is 0.759. The molecule has 0 aromatic heterocycles. The molecule has 0 spiro atoms. The maximum absolute atomic E-state index is 5.51. The molecule has 0 aliphatic rings. The quantitative estimate of drug-likeness (QED) is 0.406. The highest BCUT2D eigenvalue weighted by Gasteiger charge is 1.91. The second-order valence-corrected chi connectivity index (χ2v) is 2.32. The van der Waals surface area contributed by atoms with Gasteiger partial charge in [-0.3, -0.25) is 0 Å². The standard InChI is InChI=1S/C9H11N3/c10-6-1-7-12-9-4-2-8(11)3-5-9/h1-7H,10-11H2/p+1. The Morgan fingerprint density at radius 3 is 2.42 bits per heavy atom. The number of nitrogen functional groups attached to an aromatic ring is 1. The average molecular weight is 162 g/mol. The van der Waals surface area contributed by atoms with E-state index in [4.69, 9.17) is 11.5 Å². The number of allylic oxidation sites excluding steroid dienone is 1. The van der Waals surface area contributed by atoms with E-state index >= 15 is 0 Å². The number of hydrogen-bond donors (Lipinski definition) is 3. The Bertz CT molecular complexity index is 285. The second-order valence-electron chi connectivity index (χ2n) is 2.32. The van der Waals surface area contributed by atoms with Gasteiger partial charge in [0.05, 0.1) is 0 Å². The average Bonchev–Trinajstić information content (AvgIpc) is 2.09. The van der Waals surface area contributed by atoms with Crippen molar-refractivity contribution in [1.29, 1.82) is 0 Å².